The molecule has 148 valence electrons. The van der Waals surface area contributed by atoms with Crippen LogP contribution in [0.5, 0.6) is 0 Å². The number of ketones is 2. The van der Waals surface area contributed by atoms with Crippen molar-refractivity contribution >= 4 is 28.9 Å². The maximum atomic E-state index is 12.7. The second kappa shape index (κ2) is 7.79. The van der Waals surface area contributed by atoms with Crippen molar-refractivity contribution in [3.05, 3.63) is 80.8 Å². The Morgan fingerprint density at radius 2 is 1.76 bits per heavy atom. The van der Waals surface area contributed by atoms with Gasteiger partial charge in [-0.3, -0.25) is 9.59 Å². The third kappa shape index (κ3) is 3.80. The van der Waals surface area contributed by atoms with Crippen LogP contribution in [-0.2, 0) is 4.74 Å². The lowest BCUT2D eigenvalue weighted by Gasteiger charge is -2.09. The predicted octanol–water partition coefficient (Wildman–Crippen LogP) is 4.77. The first-order chi connectivity index (χ1) is 14.0. The van der Waals surface area contributed by atoms with E-state index in [9.17, 15) is 14.4 Å². The number of carbonyl (C=O) groups excluding carboxylic acids is 3. The van der Waals surface area contributed by atoms with E-state index in [1.807, 2.05) is 25.3 Å². The van der Waals surface area contributed by atoms with Gasteiger partial charge in [0.25, 0.3) is 0 Å². The molecule has 0 spiro atoms. The number of hydrogen-bond donors (Lipinski definition) is 0. The molecule has 6 heteroatoms. The van der Waals surface area contributed by atoms with Crippen molar-refractivity contribution < 1.29 is 19.1 Å². The lowest BCUT2D eigenvalue weighted by Crippen LogP contribution is -2.17. The molecule has 1 fully saturated rings. The number of aryl methyl sites for hydroxylation is 1. The van der Waals surface area contributed by atoms with Crippen LogP contribution in [0.3, 0.4) is 0 Å². The number of rotatable bonds is 7. The van der Waals surface area contributed by atoms with Gasteiger partial charge in [0, 0.05) is 28.6 Å². The maximum absolute atomic E-state index is 12.7. The Hall–Kier alpha value is -2.99. The number of esters is 1. The zero-order valence-electron chi connectivity index (χ0n) is 16.3. The number of benzene rings is 1. The van der Waals surface area contributed by atoms with Gasteiger partial charge in [-0.25, -0.2) is 4.79 Å². The molecule has 0 saturated heterocycles. The summed E-state index contributed by atoms with van der Waals surface area (Å²) in [4.78, 5) is 38.5. The molecule has 5 nitrogen and oxygen atoms in total. The first-order valence-corrected chi connectivity index (χ1v) is 10.4. The van der Waals surface area contributed by atoms with Crippen LogP contribution in [0.25, 0.3) is 0 Å². The Morgan fingerprint density at radius 3 is 2.41 bits per heavy atom. The van der Waals surface area contributed by atoms with Crippen molar-refractivity contribution in [1.29, 1.82) is 0 Å². The maximum Gasteiger partial charge on any atom is 0.339 e. The first-order valence-electron chi connectivity index (χ1n) is 9.53. The number of ether oxygens (including phenoxy) is 1. The molecule has 0 N–H and O–H groups in total. The zero-order valence-corrected chi connectivity index (χ0v) is 17.1. The van der Waals surface area contributed by atoms with Crippen molar-refractivity contribution in [2.45, 2.75) is 32.7 Å². The van der Waals surface area contributed by atoms with Crippen molar-refractivity contribution in [2.24, 2.45) is 0 Å². The fourth-order valence-electron chi connectivity index (χ4n) is 3.64. The highest BCUT2D eigenvalue weighted by Gasteiger charge is 2.28. The summed E-state index contributed by atoms with van der Waals surface area (Å²) in [5.74, 6) is -1.14. The predicted molar refractivity (Wildman–Crippen MR) is 111 cm³/mol. The van der Waals surface area contributed by atoms with Crippen LogP contribution in [0.4, 0.5) is 0 Å². The molecule has 0 bridgehead atoms. The molecule has 1 aromatic carbocycles. The van der Waals surface area contributed by atoms with E-state index in [4.69, 9.17) is 4.74 Å². The number of nitrogens with zero attached hydrogens (tertiary/aromatic N) is 1. The van der Waals surface area contributed by atoms with Gasteiger partial charge in [0.05, 0.1) is 10.4 Å². The second-order valence-corrected chi connectivity index (χ2v) is 8.18. The molecule has 2 heterocycles. The van der Waals surface area contributed by atoms with E-state index >= 15 is 0 Å². The Morgan fingerprint density at radius 1 is 1.03 bits per heavy atom. The van der Waals surface area contributed by atoms with E-state index in [0.29, 0.717) is 16.5 Å². The van der Waals surface area contributed by atoms with Gasteiger partial charge in [-0.15, -0.1) is 11.3 Å². The van der Waals surface area contributed by atoms with Crippen molar-refractivity contribution in [3.63, 3.8) is 0 Å². The van der Waals surface area contributed by atoms with Crippen LogP contribution in [0, 0.1) is 13.8 Å². The Balaban J connectivity index is 1.49. The van der Waals surface area contributed by atoms with Crippen LogP contribution in [-0.4, -0.2) is 28.7 Å². The van der Waals surface area contributed by atoms with Gasteiger partial charge in [-0.05, 0) is 50.3 Å². The summed E-state index contributed by atoms with van der Waals surface area (Å²) >= 11 is 1.32. The number of Topliss-reactive ketones (excluding diaryl/α,β-unsaturated/α-hetero) is 1. The average molecular weight is 407 g/mol. The highest BCUT2D eigenvalue weighted by molar-refractivity contribution is 7.12. The van der Waals surface area contributed by atoms with Gasteiger partial charge >= 0.3 is 5.97 Å². The van der Waals surface area contributed by atoms with E-state index in [2.05, 4.69) is 4.57 Å². The molecule has 29 heavy (non-hydrogen) atoms. The summed E-state index contributed by atoms with van der Waals surface area (Å²) in [6.45, 7) is 3.56. The molecular weight excluding hydrogens is 386 g/mol. The summed E-state index contributed by atoms with van der Waals surface area (Å²) in [7, 11) is 0. The highest BCUT2D eigenvalue weighted by atomic mass is 32.1. The molecule has 1 aliphatic rings. The van der Waals surface area contributed by atoms with Crippen molar-refractivity contribution in [1.82, 2.24) is 4.57 Å². The van der Waals surface area contributed by atoms with Crippen LogP contribution in [0.15, 0.2) is 47.8 Å². The molecule has 0 radical (unpaired) electrons. The second-order valence-electron chi connectivity index (χ2n) is 7.24. The van der Waals surface area contributed by atoms with Gasteiger partial charge < -0.3 is 9.30 Å². The molecule has 2 aromatic heterocycles. The number of aromatic nitrogens is 1. The summed E-state index contributed by atoms with van der Waals surface area (Å²) < 4.78 is 7.47. The minimum absolute atomic E-state index is 0.169. The minimum Gasteiger partial charge on any atom is -0.454 e. The van der Waals surface area contributed by atoms with Crippen molar-refractivity contribution in [2.75, 3.05) is 6.61 Å². The van der Waals surface area contributed by atoms with Gasteiger partial charge in [0.15, 0.2) is 6.61 Å². The quantitative estimate of drug-likeness (QED) is 0.418. The van der Waals surface area contributed by atoms with Crippen LogP contribution in [0.1, 0.15) is 66.2 Å². The molecule has 0 atom stereocenters. The molecule has 0 unspecified atom stereocenters. The Labute approximate surface area is 172 Å². The normalized spacial score (nSPS) is 13.3. The smallest absolute Gasteiger partial charge is 0.339 e. The average Bonchev–Trinajstić information content (AvgIpc) is 3.30. The van der Waals surface area contributed by atoms with Crippen LogP contribution < -0.4 is 0 Å². The molecule has 4 rings (SSSR count). The van der Waals surface area contributed by atoms with Gasteiger partial charge in [0.2, 0.25) is 11.6 Å². The van der Waals surface area contributed by atoms with E-state index < -0.39 is 5.97 Å². The molecule has 1 aliphatic carbocycles. The summed E-state index contributed by atoms with van der Waals surface area (Å²) in [5.41, 5.74) is 3.00. The third-order valence-corrected chi connectivity index (χ3v) is 6.04. The van der Waals surface area contributed by atoms with Crippen LogP contribution in [0.2, 0.25) is 0 Å². The molecular formula is C23H21NO4S. The minimum atomic E-state index is -0.671. The number of carbonyl (C=O) groups is 3. The third-order valence-electron chi connectivity index (χ3n) is 5.17. The number of hydrogen-bond acceptors (Lipinski definition) is 5. The number of thiophene rings is 1. The monoisotopic (exact) mass is 407 g/mol. The summed E-state index contributed by atoms with van der Waals surface area (Å²) in [6, 6.07) is 12.4. The topological polar surface area (TPSA) is 65.4 Å². The largest absolute Gasteiger partial charge is 0.454 e. The standard InChI is InChI=1S/C23H21NO4S/c1-14-12-19(15(2)24(14)16-9-10-16)20(25)13-28-23(27)18-7-4-3-6-17(18)22(26)21-8-5-11-29-21/h3-8,11-12,16H,9-10,13H2,1-2H3. The van der Waals surface area contributed by atoms with Gasteiger partial charge in [-0.2, -0.15) is 0 Å². The van der Waals surface area contributed by atoms with E-state index in [0.717, 1.165) is 24.2 Å². The van der Waals surface area contributed by atoms with E-state index in [-0.39, 0.29) is 29.3 Å². The Bertz CT molecular complexity index is 1090. The summed E-state index contributed by atoms with van der Waals surface area (Å²) in [6.07, 6.45) is 2.27. The lowest BCUT2D eigenvalue weighted by molar-refractivity contribution is 0.0472. The molecule has 3 aromatic rings. The Kier molecular flexibility index (Phi) is 5.20. The molecule has 1 saturated carbocycles. The highest BCUT2D eigenvalue weighted by Crippen LogP contribution is 2.38. The van der Waals surface area contributed by atoms with Gasteiger partial charge in [0.1, 0.15) is 0 Å². The van der Waals surface area contributed by atoms with Crippen molar-refractivity contribution in [3.8, 4) is 0 Å². The SMILES string of the molecule is Cc1cc(C(=O)COC(=O)c2ccccc2C(=O)c2cccs2)c(C)n1C1CC1. The lowest BCUT2D eigenvalue weighted by atomic mass is 10.0. The van der Waals surface area contributed by atoms with Gasteiger partial charge in [-0.1, -0.05) is 24.3 Å². The molecule has 0 aliphatic heterocycles. The fourth-order valence-corrected chi connectivity index (χ4v) is 4.32. The van der Waals surface area contributed by atoms with E-state index in [1.54, 1.807) is 36.4 Å². The summed E-state index contributed by atoms with van der Waals surface area (Å²) in [5, 5.41) is 1.81. The zero-order chi connectivity index (χ0) is 20.5. The first kappa shape index (κ1) is 19.3. The fraction of sp³-hybridized carbons (Fsp3) is 0.261. The van der Waals surface area contributed by atoms with Crippen LogP contribution >= 0.6 is 11.3 Å². The van der Waals surface area contributed by atoms with E-state index in [1.165, 1.54) is 11.3 Å². The molecule has 0 amide bonds.